The molecule has 0 amide bonds. The first kappa shape index (κ1) is 14.8. The molecule has 2 aromatic carbocycles. The molecule has 0 aliphatic rings. The van der Waals surface area contributed by atoms with E-state index in [0.29, 0.717) is 26.1 Å². The second kappa shape index (κ2) is 6.26. The molecule has 0 aliphatic heterocycles. The van der Waals surface area contributed by atoms with E-state index in [-0.39, 0.29) is 11.3 Å². The van der Waals surface area contributed by atoms with Crippen LogP contribution in [0.4, 0.5) is 5.69 Å². The van der Waals surface area contributed by atoms with Gasteiger partial charge in [0.2, 0.25) is 0 Å². The van der Waals surface area contributed by atoms with Crippen molar-refractivity contribution in [3.05, 3.63) is 62.1 Å². The van der Waals surface area contributed by atoms with Crippen LogP contribution in [0.25, 0.3) is 0 Å². The molecule has 20 heavy (non-hydrogen) atoms. The molecule has 0 saturated heterocycles. The summed E-state index contributed by atoms with van der Waals surface area (Å²) in [7, 11) is 0. The third kappa shape index (κ3) is 3.12. The van der Waals surface area contributed by atoms with Crippen LogP contribution in [0, 0.1) is 10.1 Å². The van der Waals surface area contributed by atoms with Crippen molar-refractivity contribution >= 4 is 46.9 Å². The number of carbonyl (C=O) groups is 1. The Morgan fingerprint density at radius 3 is 2.55 bits per heavy atom. The lowest BCUT2D eigenvalue weighted by molar-refractivity contribution is -0.384. The molecule has 4 nitrogen and oxygen atoms in total. The van der Waals surface area contributed by atoms with Gasteiger partial charge in [0.15, 0.2) is 6.29 Å². The summed E-state index contributed by atoms with van der Waals surface area (Å²) in [5, 5.41) is 11.5. The normalized spacial score (nSPS) is 10.3. The van der Waals surface area contributed by atoms with Crippen molar-refractivity contribution in [2.24, 2.45) is 0 Å². The minimum absolute atomic E-state index is 0.131. The lowest BCUT2D eigenvalue weighted by Crippen LogP contribution is -1.92. The number of nitro benzene ring substituents is 1. The lowest BCUT2D eigenvalue weighted by Gasteiger charge is -2.07. The molecule has 2 aromatic rings. The molecule has 0 unspecified atom stereocenters. The molecule has 0 N–H and O–H groups in total. The van der Waals surface area contributed by atoms with Crippen LogP contribution in [0.15, 0.2) is 46.2 Å². The number of carbonyl (C=O) groups excluding carboxylic acids is 1. The van der Waals surface area contributed by atoms with Gasteiger partial charge in [-0.15, -0.1) is 0 Å². The van der Waals surface area contributed by atoms with E-state index >= 15 is 0 Å². The fourth-order valence-electron chi connectivity index (χ4n) is 1.52. The Hall–Kier alpha value is -1.56. The molecule has 102 valence electrons. The maximum atomic E-state index is 11.0. The zero-order valence-corrected chi connectivity index (χ0v) is 12.2. The smallest absolute Gasteiger partial charge is 0.270 e. The number of nitro groups is 1. The van der Waals surface area contributed by atoms with Crippen molar-refractivity contribution in [3.8, 4) is 0 Å². The zero-order valence-electron chi connectivity index (χ0n) is 9.88. The molecule has 0 spiro atoms. The van der Waals surface area contributed by atoms with Gasteiger partial charge < -0.3 is 0 Å². The molecule has 0 aliphatic carbocycles. The van der Waals surface area contributed by atoms with Crippen LogP contribution < -0.4 is 0 Å². The van der Waals surface area contributed by atoms with E-state index in [2.05, 4.69) is 0 Å². The molecule has 0 heterocycles. The summed E-state index contributed by atoms with van der Waals surface area (Å²) in [6.07, 6.45) is 0.577. The van der Waals surface area contributed by atoms with Crippen molar-refractivity contribution in [1.29, 1.82) is 0 Å². The van der Waals surface area contributed by atoms with Gasteiger partial charge in [0.25, 0.3) is 5.69 Å². The summed E-state index contributed by atoms with van der Waals surface area (Å²) in [4.78, 5) is 22.4. The number of non-ortho nitro benzene ring substituents is 1. The van der Waals surface area contributed by atoms with Crippen molar-refractivity contribution in [3.63, 3.8) is 0 Å². The average Bonchev–Trinajstić information content (AvgIpc) is 2.44. The number of nitrogens with zero attached hydrogens (tertiary/aromatic N) is 1. The number of halogens is 2. The van der Waals surface area contributed by atoms with Gasteiger partial charge in [0.1, 0.15) is 0 Å². The Kier molecular flexibility index (Phi) is 4.65. The van der Waals surface area contributed by atoms with Gasteiger partial charge in [-0.3, -0.25) is 14.9 Å². The molecule has 0 atom stereocenters. The number of hydrogen-bond acceptors (Lipinski definition) is 4. The highest BCUT2D eigenvalue weighted by atomic mass is 35.5. The Morgan fingerprint density at radius 1 is 1.15 bits per heavy atom. The van der Waals surface area contributed by atoms with Crippen LogP contribution >= 0.6 is 35.0 Å². The summed E-state index contributed by atoms with van der Waals surface area (Å²) in [6.45, 7) is 0. The van der Waals surface area contributed by atoms with Gasteiger partial charge in [-0.25, -0.2) is 0 Å². The van der Waals surface area contributed by atoms with Gasteiger partial charge in [-0.05, 0) is 18.2 Å². The largest absolute Gasteiger partial charge is 0.298 e. The van der Waals surface area contributed by atoms with Crippen LogP contribution in [-0.4, -0.2) is 11.2 Å². The highest BCUT2D eigenvalue weighted by Gasteiger charge is 2.13. The predicted octanol–water partition coefficient (Wildman–Crippen LogP) is 4.87. The number of rotatable bonds is 4. The summed E-state index contributed by atoms with van der Waals surface area (Å²) >= 11 is 13.2. The van der Waals surface area contributed by atoms with Crippen molar-refractivity contribution < 1.29 is 9.72 Å². The minimum atomic E-state index is -0.548. The molecule has 0 radical (unpaired) electrons. The Bertz CT molecular complexity index is 691. The molecule has 0 aromatic heterocycles. The van der Waals surface area contributed by atoms with Gasteiger partial charge in [0, 0.05) is 27.5 Å². The van der Waals surface area contributed by atoms with E-state index in [9.17, 15) is 14.9 Å². The van der Waals surface area contributed by atoms with Gasteiger partial charge in [-0.1, -0.05) is 41.0 Å². The minimum Gasteiger partial charge on any atom is -0.298 e. The summed E-state index contributed by atoms with van der Waals surface area (Å²) in [5.41, 5.74) is 0.105. The molecular weight excluding hydrogens is 321 g/mol. The predicted molar refractivity (Wildman–Crippen MR) is 79.1 cm³/mol. The fourth-order valence-corrected chi connectivity index (χ4v) is 2.93. The van der Waals surface area contributed by atoms with E-state index < -0.39 is 4.92 Å². The Labute approximate surface area is 128 Å². The van der Waals surface area contributed by atoms with Crippen LogP contribution in [0.1, 0.15) is 10.4 Å². The summed E-state index contributed by atoms with van der Waals surface area (Å²) < 4.78 is 0. The van der Waals surface area contributed by atoms with E-state index in [0.717, 1.165) is 0 Å². The van der Waals surface area contributed by atoms with Gasteiger partial charge >= 0.3 is 0 Å². The first-order chi connectivity index (χ1) is 9.52. The maximum absolute atomic E-state index is 11.0. The molecule has 0 fully saturated rings. The zero-order chi connectivity index (χ0) is 14.7. The van der Waals surface area contributed by atoms with E-state index in [1.807, 2.05) is 0 Å². The third-order valence-electron chi connectivity index (χ3n) is 2.47. The second-order valence-electron chi connectivity index (χ2n) is 3.75. The lowest BCUT2D eigenvalue weighted by atomic mass is 10.2. The highest BCUT2D eigenvalue weighted by Crippen LogP contribution is 2.38. The standard InChI is InChI=1S/C13H7Cl2NO3S/c14-10-2-1-3-12(13(10)15)20-11-5-4-9(16(18)19)6-8(11)7-17/h1-7H. The van der Waals surface area contributed by atoms with E-state index in [4.69, 9.17) is 23.2 Å². The first-order valence-electron chi connectivity index (χ1n) is 5.38. The van der Waals surface area contributed by atoms with E-state index in [1.165, 1.54) is 30.0 Å². The number of benzene rings is 2. The van der Waals surface area contributed by atoms with Crippen LogP contribution in [0.5, 0.6) is 0 Å². The summed E-state index contributed by atoms with van der Waals surface area (Å²) in [5.74, 6) is 0. The first-order valence-corrected chi connectivity index (χ1v) is 6.95. The Balaban J connectivity index is 2.41. The molecular formula is C13H7Cl2NO3S. The van der Waals surface area contributed by atoms with Crippen LogP contribution in [-0.2, 0) is 0 Å². The monoisotopic (exact) mass is 327 g/mol. The van der Waals surface area contributed by atoms with Crippen molar-refractivity contribution in [1.82, 2.24) is 0 Å². The molecule has 7 heteroatoms. The molecule has 0 saturated carbocycles. The maximum Gasteiger partial charge on any atom is 0.270 e. The topological polar surface area (TPSA) is 60.2 Å². The van der Waals surface area contributed by atoms with Crippen LogP contribution in [0.2, 0.25) is 10.0 Å². The third-order valence-corrected chi connectivity index (χ3v) is 4.55. The fraction of sp³-hybridized carbons (Fsp3) is 0. The van der Waals surface area contributed by atoms with Gasteiger partial charge in [-0.2, -0.15) is 0 Å². The summed E-state index contributed by atoms with van der Waals surface area (Å²) in [6, 6.07) is 9.24. The van der Waals surface area contributed by atoms with E-state index in [1.54, 1.807) is 18.2 Å². The average molecular weight is 328 g/mol. The molecule has 2 rings (SSSR count). The quantitative estimate of drug-likeness (QED) is 0.456. The second-order valence-corrected chi connectivity index (χ2v) is 5.62. The van der Waals surface area contributed by atoms with Crippen LogP contribution in [0.3, 0.4) is 0 Å². The molecule has 0 bridgehead atoms. The number of hydrogen-bond donors (Lipinski definition) is 0. The van der Waals surface area contributed by atoms with Gasteiger partial charge in [0.05, 0.1) is 15.0 Å². The Morgan fingerprint density at radius 2 is 1.90 bits per heavy atom. The van der Waals surface area contributed by atoms with Crippen molar-refractivity contribution in [2.45, 2.75) is 9.79 Å². The highest BCUT2D eigenvalue weighted by molar-refractivity contribution is 7.99. The number of aldehydes is 1. The SMILES string of the molecule is O=Cc1cc([N+](=O)[O-])ccc1Sc1cccc(Cl)c1Cl. The van der Waals surface area contributed by atoms with Crippen molar-refractivity contribution in [2.75, 3.05) is 0 Å².